The van der Waals surface area contributed by atoms with Crippen molar-refractivity contribution in [1.82, 2.24) is 5.32 Å². The molecule has 0 saturated heterocycles. The Kier molecular flexibility index (Phi) is 6.61. The Balaban J connectivity index is 2.99. The number of nitrogens with one attached hydrogen (secondary N) is 1. The van der Waals surface area contributed by atoms with Gasteiger partial charge in [0, 0.05) is 16.1 Å². The van der Waals surface area contributed by atoms with Crippen LogP contribution in [0.5, 0.6) is 0 Å². The zero-order valence-corrected chi connectivity index (χ0v) is 13.4. The van der Waals surface area contributed by atoms with Gasteiger partial charge in [0.1, 0.15) is 5.82 Å². The first kappa shape index (κ1) is 15.9. The third-order valence-corrected chi connectivity index (χ3v) is 3.96. The van der Waals surface area contributed by atoms with Crippen LogP contribution in [0, 0.1) is 11.7 Å². The monoisotopic (exact) mass is 335 g/mol. The van der Waals surface area contributed by atoms with E-state index in [1.165, 1.54) is 6.07 Å². The number of halogens is 3. The maximum absolute atomic E-state index is 14.0. The Morgan fingerprint density at radius 1 is 1.39 bits per heavy atom. The molecule has 1 aromatic carbocycles. The van der Waals surface area contributed by atoms with Crippen LogP contribution < -0.4 is 5.32 Å². The van der Waals surface area contributed by atoms with Gasteiger partial charge in [-0.3, -0.25) is 0 Å². The normalized spacial score (nSPS) is 13.1. The van der Waals surface area contributed by atoms with Crippen LogP contribution in [0.4, 0.5) is 4.39 Å². The molecule has 0 aromatic heterocycles. The second-order valence-electron chi connectivity index (χ2n) is 4.92. The van der Waals surface area contributed by atoms with Crippen molar-refractivity contribution in [3.8, 4) is 0 Å². The van der Waals surface area contributed by atoms with Gasteiger partial charge in [-0.25, -0.2) is 4.39 Å². The first-order valence-corrected chi connectivity index (χ1v) is 7.50. The van der Waals surface area contributed by atoms with Gasteiger partial charge in [0.05, 0.1) is 5.02 Å². The fourth-order valence-electron chi connectivity index (χ4n) is 1.92. The SMILES string of the molecule is CCCNC(CC(C)C)c1cc(Cl)c(Br)cc1F. The van der Waals surface area contributed by atoms with Gasteiger partial charge in [-0.15, -0.1) is 0 Å². The van der Waals surface area contributed by atoms with Gasteiger partial charge < -0.3 is 5.32 Å². The van der Waals surface area contributed by atoms with Crippen LogP contribution in [0.15, 0.2) is 16.6 Å². The first-order valence-electron chi connectivity index (χ1n) is 6.33. The van der Waals surface area contributed by atoms with E-state index in [0.717, 1.165) is 19.4 Å². The van der Waals surface area contributed by atoms with E-state index < -0.39 is 0 Å². The highest BCUT2D eigenvalue weighted by molar-refractivity contribution is 9.10. The van der Waals surface area contributed by atoms with Crippen LogP contribution in [0.1, 0.15) is 45.2 Å². The third kappa shape index (κ3) is 4.52. The first-order chi connectivity index (χ1) is 8.45. The summed E-state index contributed by atoms with van der Waals surface area (Å²) in [5.74, 6) is 0.293. The molecule has 1 atom stereocenters. The summed E-state index contributed by atoms with van der Waals surface area (Å²) in [5.41, 5.74) is 0.658. The zero-order valence-electron chi connectivity index (χ0n) is 11.1. The molecule has 102 valence electrons. The third-order valence-electron chi connectivity index (χ3n) is 2.76. The summed E-state index contributed by atoms with van der Waals surface area (Å²) in [5, 5.41) is 3.94. The van der Waals surface area contributed by atoms with Gasteiger partial charge in [-0.1, -0.05) is 32.4 Å². The second kappa shape index (κ2) is 7.46. The summed E-state index contributed by atoms with van der Waals surface area (Å²) in [7, 11) is 0. The molecule has 1 aromatic rings. The standard InChI is InChI=1S/C14H20BrClFN/c1-4-5-18-14(6-9(2)3)10-7-12(16)11(15)8-13(10)17/h7-9,14,18H,4-6H2,1-3H3. The summed E-state index contributed by atoms with van der Waals surface area (Å²) in [6.45, 7) is 7.26. The van der Waals surface area contributed by atoms with E-state index in [1.54, 1.807) is 6.07 Å². The summed E-state index contributed by atoms with van der Waals surface area (Å²) in [6.07, 6.45) is 1.93. The molecule has 18 heavy (non-hydrogen) atoms. The topological polar surface area (TPSA) is 12.0 Å². The van der Waals surface area contributed by atoms with E-state index in [9.17, 15) is 4.39 Å². The van der Waals surface area contributed by atoms with E-state index >= 15 is 0 Å². The van der Waals surface area contributed by atoms with Gasteiger partial charge in [-0.05, 0) is 53.4 Å². The molecule has 1 N–H and O–H groups in total. The van der Waals surface area contributed by atoms with Crippen LogP contribution in [-0.4, -0.2) is 6.54 Å². The van der Waals surface area contributed by atoms with Gasteiger partial charge in [0.2, 0.25) is 0 Å². The number of hydrogen-bond donors (Lipinski definition) is 1. The number of benzene rings is 1. The molecule has 1 nitrogen and oxygen atoms in total. The second-order valence-corrected chi connectivity index (χ2v) is 6.19. The molecule has 0 bridgehead atoms. The van der Waals surface area contributed by atoms with Crippen LogP contribution >= 0.6 is 27.5 Å². The minimum atomic E-state index is -0.208. The summed E-state index contributed by atoms with van der Waals surface area (Å²) in [6, 6.07) is 3.19. The molecule has 0 heterocycles. The van der Waals surface area contributed by atoms with Crippen LogP contribution in [0.3, 0.4) is 0 Å². The minimum Gasteiger partial charge on any atom is -0.310 e. The molecule has 0 aliphatic heterocycles. The lowest BCUT2D eigenvalue weighted by atomic mass is 9.96. The van der Waals surface area contributed by atoms with Crippen molar-refractivity contribution >= 4 is 27.5 Å². The van der Waals surface area contributed by atoms with Crippen molar-refractivity contribution in [3.63, 3.8) is 0 Å². The fraction of sp³-hybridized carbons (Fsp3) is 0.571. The van der Waals surface area contributed by atoms with Crippen LogP contribution in [-0.2, 0) is 0 Å². The lowest BCUT2D eigenvalue weighted by Gasteiger charge is -2.22. The zero-order chi connectivity index (χ0) is 13.7. The number of hydrogen-bond acceptors (Lipinski definition) is 1. The van der Waals surface area contributed by atoms with E-state index in [1.807, 2.05) is 0 Å². The Hall–Kier alpha value is -0.120. The smallest absolute Gasteiger partial charge is 0.129 e. The van der Waals surface area contributed by atoms with Crippen molar-refractivity contribution in [2.75, 3.05) is 6.54 Å². The van der Waals surface area contributed by atoms with Crippen LogP contribution in [0.25, 0.3) is 0 Å². The maximum Gasteiger partial charge on any atom is 0.129 e. The molecule has 0 saturated carbocycles. The Labute approximate surface area is 122 Å². The predicted molar refractivity (Wildman–Crippen MR) is 79.6 cm³/mol. The highest BCUT2D eigenvalue weighted by atomic mass is 79.9. The van der Waals surface area contributed by atoms with Crippen molar-refractivity contribution in [1.29, 1.82) is 0 Å². The Morgan fingerprint density at radius 2 is 2.06 bits per heavy atom. The molecule has 0 radical (unpaired) electrons. The molecular weight excluding hydrogens is 317 g/mol. The molecule has 1 unspecified atom stereocenters. The highest BCUT2D eigenvalue weighted by Gasteiger charge is 2.18. The quantitative estimate of drug-likeness (QED) is 0.692. The van der Waals surface area contributed by atoms with Crippen molar-refractivity contribution < 1.29 is 4.39 Å². The van der Waals surface area contributed by atoms with Gasteiger partial charge in [0.15, 0.2) is 0 Å². The fourth-order valence-corrected chi connectivity index (χ4v) is 2.40. The van der Waals surface area contributed by atoms with Crippen molar-refractivity contribution in [3.05, 3.63) is 33.0 Å². The lowest BCUT2D eigenvalue weighted by Crippen LogP contribution is -2.24. The summed E-state index contributed by atoms with van der Waals surface area (Å²) >= 11 is 9.30. The lowest BCUT2D eigenvalue weighted by molar-refractivity contribution is 0.416. The van der Waals surface area contributed by atoms with E-state index in [2.05, 4.69) is 42.0 Å². The maximum atomic E-state index is 14.0. The molecule has 0 fully saturated rings. The summed E-state index contributed by atoms with van der Waals surface area (Å²) in [4.78, 5) is 0. The average molecular weight is 337 g/mol. The molecule has 0 aliphatic rings. The molecule has 0 spiro atoms. The molecule has 0 amide bonds. The highest BCUT2D eigenvalue weighted by Crippen LogP contribution is 2.31. The Morgan fingerprint density at radius 3 is 2.61 bits per heavy atom. The predicted octanol–water partition coefficient (Wildman–Crippen LogP) is 5.33. The van der Waals surface area contributed by atoms with Crippen molar-refractivity contribution in [2.24, 2.45) is 5.92 Å². The van der Waals surface area contributed by atoms with Crippen LogP contribution in [0.2, 0.25) is 5.02 Å². The molecular formula is C14H20BrClFN. The summed E-state index contributed by atoms with van der Waals surface area (Å²) < 4.78 is 14.6. The molecule has 4 heteroatoms. The average Bonchev–Trinajstić information content (AvgIpc) is 2.29. The van der Waals surface area contributed by atoms with Gasteiger partial charge >= 0.3 is 0 Å². The Bertz CT molecular complexity index is 396. The minimum absolute atomic E-state index is 0.0237. The van der Waals surface area contributed by atoms with E-state index in [4.69, 9.17) is 11.6 Å². The molecule has 0 aliphatic carbocycles. The number of rotatable bonds is 6. The van der Waals surface area contributed by atoms with E-state index in [-0.39, 0.29) is 11.9 Å². The largest absolute Gasteiger partial charge is 0.310 e. The van der Waals surface area contributed by atoms with Gasteiger partial charge in [-0.2, -0.15) is 0 Å². The van der Waals surface area contributed by atoms with Crippen molar-refractivity contribution in [2.45, 2.75) is 39.7 Å². The molecule has 1 rings (SSSR count). The van der Waals surface area contributed by atoms with Gasteiger partial charge in [0.25, 0.3) is 0 Å². The van der Waals surface area contributed by atoms with E-state index in [0.29, 0.717) is 21.0 Å².